The lowest BCUT2D eigenvalue weighted by Gasteiger charge is -2.28. The predicted molar refractivity (Wildman–Crippen MR) is 76.1 cm³/mol. The third kappa shape index (κ3) is 3.25. The highest BCUT2D eigenvalue weighted by molar-refractivity contribution is 9.10. The minimum Gasteiger partial charge on any atom is -0.478 e. The number of rotatable bonds is 3. The van der Waals surface area contributed by atoms with E-state index in [-0.39, 0.29) is 0 Å². The van der Waals surface area contributed by atoms with Crippen LogP contribution in [-0.2, 0) is 0 Å². The van der Waals surface area contributed by atoms with E-state index in [9.17, 15) is 4.79 Å². The molecule has 98 valence electrons. The van der Waals surface area contributed by atoms with E-state index in [0.29, 0.717) is 11.6 Å². The molecule has 2 N–H and O–H groups in total. The minimum atomic E-state index is -0.895. The molecule has 0 aromatic heterocycles. The lowest BCUT2D eigenvalue weighted by atomic mass is 9.87. The summed E-state index contributed by atoms with van der Waals surface area (Å²) in [4.78, 5) is 10.9. The Balaban J connectivity index is 2.07. The lowest BCUT2D eigenvalue weighted by Crippen LogP contribution is -2.26. The Morgan fingerprint density at radius 2 is 2.22 bits per heavy atom. The fraction of sp³-hybridized carbons (Fsp3) is 0.500. The second-order valence-electron chi connectivity index (χ2n) is 5.11. The lowest BCUT2D eigenvalue weighted by molar-refractivity contribution is 0.0697. The number of halogens is 1. The van der Waals surface area contributed by atoms with Gasteiger partial charge in [0.2, 0.25) is 0 Å². The number of hydrogen-bond donors (Lipinski definition) is 2. The van der Waals surface area contributed by atoms with Crippen LogP contribution in [0.5, 0.6) is 0 Å². The molecule has 0 heterocycles. The molecule has 0 spiro atoms. The number of benzene rings is 1. The van der Waals surface area contributed by atoms with E-state index in [1.165, 1.54) is 25.7 Å². The van der Waals surface area contributed by atoms with Gasteiger partial charge in [-0.25, -0.2) is 4.79 Å². The van der Waals surface area contributed by atoms with Crippen LogP contribution in [0.15, 0.2) is 22.7 Å². The van der Waals surface area contributed by atoms with Gasteiger partial charge >= 0.3 is 5.97 Å². The molecule has 1 aromatic carbocycles. The first-order valence-electron chi connectivity index (χ1n) is 6.35. The van der Waals surface area contributed by atoms with Gasteiger partial charge in [-0.05, 0) is 52.9 Å². The van der Waals surface area contributed by atoms with E-state index in [1.54, 1.807) is 12.1 Å². The zero-order valence-corrected chi connectivity index (χ0v) is 12.0. The number of carboxylic acids is 1. The van der Waals surface area contributed by atoms with Crippen molar-refractivity contribution in [2.45, 2.75) is 38.6 Å². The maximum absolute atomic E-state index is 10.9. The Kier molecular flexibility index (Phi) is 4.27. The average Bonchev–Trinajstić information content (AvgIpc) is 2.31. The van der Waals surface area contributed by atoms with Crippen LogP contribution in [0, 0.1) is 5.92 Å². The monoisotopic (exact) mass is 311 g/mol. The number of aromatic carboxylic acids is 1. The molecule has 2 rings (SSSR count). The van der Waals surface area contributed by atoms with Gasteiger partial charge in [-0.3, -0.25) is 0 Å². The van der Waals surface area contributed by atoms with Crippen molar-refractivity contribution in [1.29, 1.82) is 0 Å². The predicted octanol–water partition coefficient (Wildman–Crippen LogP) is 4.14. The van der Waals surface area contributed by atoms with E-state index in [2.05, 4.69) is 28.2 Å². The van der Waals surface area contributed by atoms with E-state index in [0.717, 1.165) is 16.1 Å². The first-order valence-corrected chi connectivity index (χ1v) is 7.15. The fourth-order valence-electron chi connectivity index (χ4n) is 2.55. The molecule has 1 aliphatic rings. The molecule has 2 atom stereocenters. The van der Waals surface area contributed by atoms with Crippen molar-refractivity contribution in [3.63, 3.8) is 0 Å². The molecular formula is C14H18BrNO2. The quantitative estimate of drug-likeness (QED) is 0.882. The highest BCUT2D eigenvalue weighted by Crippen LogP contribution is 2.29. The van der Waals surface area contributed by atoms with Gasteiger partial charge in [0.25, 0.3) is 0 Å². The van der Waals surface area contributed by atoms with E-state index in [1.807, 2.05) is 6.07 Å². The average molecular weight is 312 g/mol. The molecule has 0 saturated heterocycles. The number of carbonyl (C=O) groups is 1. The maximum atomic E-state index is 10.9. The standard InChI is InChI=1S/C14H18BrNO2/c1-9-3-2-4-11(7-9)16-13-6-5-10(14(17)18)8-12(13)15/h5-6,8-9,11,16H,2-4,7H2,1H3,(H,17,18). The highest BCUT2D eigenvalue weighted by atomic mass is 79.9. The smallest absolute Gasteiger partial charge is 0.335 e. The van der Waals surface area contributed by atoms with Crippen LogP contribution in [0.25, 0.3) is 0 Å². The summed E-state index contributed by atoms with van der Waals surface area (Å²) in [6.45, 7) is 2.29. The molecule has 0 amide bonds. The molecule has 4 heteroatoms. The second-order valence-corrected chi connectivity index (χ2v) is 5.97. The number of nitrogens with one attached hydrogen (secondary N) is 1. The zero-order chi connectivity index (χ0) is 13.1. The molecule has 18 heavy (non-hydrogen) atoms. The van der Waals surface area contributed by atoms with Crippen molar-refractivity contribution < 1.29 is 9.90 Å². The van der Waals surface area contributed by atoms with Gasteiger partial charge in [0.05, 0.1) is 5.56 Å². The molecule has 1 saturated carbocycles. The summed E-state index contributed by atoms with van der Waals surface area (Å²) < 4.78 is 0.820. The largest absolute Gasteiger partial charge is 0.478 e. The molecule has 1 fully saturated rings. The van der Waals surface area contributed by atoms with Crippen molar-refractivity contribution >= 4 is 27.6 Å². The van der Waals surface area contributed by atoms with Crippen LogP contribution < -0.4 is 5.32 Å². The van der Waals surface area contributed by atoms with Crippen LogP contribution >= 0.6 is 15.9 Å². The molecule has 0 aliphatic heterocycles. The topological polar surface area (TPSA) is 49.3 Å². The Morgan fingerprint density at radius 1 is 1.44 bits per heavy atom. The summed E-state index contributed by atoms with van der Waals surface area (Å²) in [5.41, 5.74) is 1.29. The van der Waals surface area contributed by atoms with Gasteiger partial charge < -0.3 is 10.4 Å². The molecule has 0 radical (unpaired) electrons. The Hall–Kier alpha value is -1.03. The first kappa shape index (κ1) is 13.4. The Morgan fingerprint density at radius 3 is 2.83 bits per heavy atom. The summed E-state index contributed by atoms with van der Waals surface area (Å²) >= 11 is 3.43. The molecule has 0 bridgehead atoms. The molecule has 2 unspecified atom stereocenters. The second kappa shape index (κ2) is 5.74. The van der Waals surface area contributed by atoms with Crippen molar-refractivity contribution in [2.75, 3.05) is 5.32 Å². The van der Waals surface area contributed by atoms with E-state index in [4.69, 9.17) is 5.11 Å². The van der Waals surface area contributed by atoms with Crippen LogP contribution in [-0.4, -0.2) is 17.1 Å². The van der Waals surface area contributed by atoms with Crippen molar-refractivity contribution in [1.82, 2.24) is 0 Å². The number of anilines is 1. The van der Waals surface area contributed by atoms with Gasteiger partial charge in [0.1, 0.15) is 0 Å². The maximum Gasteiger partial charge on any atom is 0.335 e. The first-order chi connectivity index (χ1) is 8.56. The van der Waals surface area contributed by atoms with Crippen LogP contribution in [0.1, 0.15) is 43.0 Å². The SMILES string of the molecule is CC1CCCC(Nc2ccc(C(=O)O)cc2Br)C1. The Labute approximate surface area is 116 Å². The normalized spacial score (nSPS) is 23.7. The number of carboxylic acid groups (broad SMARTS) is 1. The minimum absolute atomic E-state index is 0.310. The van der Waals surface area contributed by atoms with Gasteiger partial charge in [-0.15, -0.1) is 0 Å². The van der Waals surface area contributed by atoms with E-state index >= 15 is 0 Å². The molecule has 3 nitrogen and oxygen atoms in total. The van der Waals surface area contributed by atoms with Crippen LogP contribution in [0.4, 0.5) is 5.69 Å². The molecule has 1 aromatic rings. The fourth-order valence-corrected chi connectivity index (χ4v) is 3.04. The van der Waals surface area contributed by atoms with Gasteiger partial charge in [-0.1, -0.05) is 19.8 Å². The highest BCUT2D eigenvalue weighted by Gasteiger charge is 2.19. The van der Waals surface area contributed by atoms with Gasteiger partial charge in [0.15, 0.2) is 0 Å². The van der Waals surface area contributed by atoms with Crippen molar-refractivity contribution in [2.24, 2.45) is 5.92 Å². The van der Waals surface area contributed by atoms with Crippen molar-refractivity contribution in [3.8, 4) is 0 Å². The Bertz CT molecular complexity index is 447. The number of hydrogen-bond acceptors (Lipinski definition) is 2. The summed E-state index contributed by atoms with van der Waals surface area (Å²) in [5.74, 6) is -0.123. The third-order valence-corrected chi connectivity index (χ3v) is 4.17. The molecular weight excluding hydrogens is 294 g/mol. The molecule has 1 aliphatic carbocycles. The van der Waals surface area contributed by atoms with E-state index < -0.39 is 5.97 Å². The summed E-state index contributed by atoms with van der Waals surface area (Å²) in [7, 11) is 0. The summed E-state index contributed by atoms with van der Waals surface area (Å²) in [6.07, 6.45) is 4.96. The van der Waals surface area contributed by atoms with Crippen LogP contribution in [0.2, 0.25) is 0 Å². The summed E-state index contributed by atoms with van der Waals surface area (Å²) in [6, 6.07) is 5.63. The van der Waals surface area contributed by atoms with Gasteiger partial charge in [-0.2, -0.15) is 0 Å². The van der Waals surface area contributed by atoms with Crippen LogP contribution in [0.3, 0.4) is 0 Å². The third-order valence-electron chi connectivity index (χ3n) is 3.51. The van der Waals surface area contributed by atoms with Crippen molar-refractivity contribution in [3.05, 3.63) is 28.2 Å². The summed E-state index contributed by atoms with van der Waals surface area (Å²) in [5, 5.41) is 12.4. The zero-order valence-electron chi connectivity index (χ0n) is 10.4. The van der Waals surface area contributed by atoms with Gasteiger partial charge in [0, 0.05) is 16.2 Å².